The van der Waals surface area contributed by atoms with Crippen molar-refractivity contribution in [1.29, 1.82) is 0 Å². The van der Waals surface area contributed by atoms with E-state index >= 15 is 0 Å². The fraction of sp³-hybridized carbons (Fsp3) is 0.778. The Balaban J connectivity index is 2.06. The van der Waals surface area contributed by atoms with Crippen LogP contribution in [0.25, 0.3) is 0 Å². The predicted octanol–water partition coefficient (Wildman–Crippen LogP) is -1.30. The normalized spacial score (nSPS) is 34.3. The summed E-state index contributed by atoms with van der Waals surface area (Å²) in [7, 11) is 0. The van der Waals surface area contributed by atoms with E-state index in [2.05, 4.69) is 5.32 Å². The molecular formula is C9H14N2O4S. The Morgan fingerprint density at radius 2 is 2.19 bits per heavy atom. The van der Waals surface area contributed by atoms with Crippen molar-refractivity contribution >= 4 is 23.6 Å². The highest BCUT2D eigenvalue weighted by Gasteiger charge is 2.41. The molecule has 0 aromatic carbocycles. The Morgan fingerprint density at radius 1 is 1.44 bits per heavy atom. The lowest BCUT2D eigenvalue weighted by molar-refractivity contribution is -0.148. The van der Waals surface area contributed by atoms with Gasteiger partial charge in [0.2, 0.25) is 5.91 Å². The van der Waals surface area contributed by atoms with Crippen LogP contribution in [-0.4, -0.2) is 63.4 Å². The maximum absolute atomic E-state index is 12.0. The number of hydrogen-bond acceptors (Lipinski definition) is 5. The molecule has 0 spiro atoms. The van der Waals surface area contributed by atoms with Gasteiger partial charge in [-0.2, -0.15) is 0 Å². The molecule has 0 bridgehead atoms. The van der Waals surface area contributed by atoms with Crippen LogP contribution in [0.4, 0.5) is 0 Å². The molecule has 1 amide bonds. The summed E-state index contributed by atoms with van der Waals surface area (Å²) in [5.74, 6) is 0.118. The number of aliphatic hydroxyl groups is 1. The van der Waals surface area contributed by atoms with Crippen LogP contribution in [0, 0.1) is 0 Å². The van der Waals surface area contributed by atoms with Crippen LogP contribution in [0.2, 0.25) is 0 Å². The number of carboxylic acid groups (broad SMARTS) is 1. The van der Waals surface area contributed by atoms with Crippen LogP contribution in [0.1, 0.15) is 6.42 Å². The molecule has 3 N–H and O–H groups in total. The molecule has 6 nitrogen and oxygen atoms in total. The molecular weight excluding hydrogens is 232 g/mol. The van der Waals surface area contributed by atoms with Gasteiger partial charge in [0.25, 0.3) is 0 Å². The number of nitrogens with zero attached hydrogens (tertiary/aromatic N) is 1. The largest absolute Gasteiger partial charge is 0.480 e. The summed E-state index contributed by atoms with van der Waals surface area (Å²) in [6.45, 7) is 0.124. The van der Waals surface area contributed by atoms with Crippen LogP contribution < -0.4 is 5.32 Å². The number of rotatable bonds is 2. The summed E-state index contributed by atoms with van der Waals surface area (Å²) >= 11 is 1.61. The van der Waals surface area contributed by atoms with E-state index in [0.29, 0.717) is 11.6 Å². The summed E-state index contributed by atoms with van der Waals surface area (Å²) in [5, 5.41) is 21.4. The molecule has 2 saturated heterocycles. The second kappa shape index (κ2) is 4.60. The van der Waals surface area contributed by atoms with Crippen molar-refractivity contribution in [2.45, 2.75) is 24.6 Å². The van der Waals surface area contributed by atoms with Gasteiger partial charge in [-0.3, -0.25) is 10.1 Å². The average Bonchev–Trinajstić information content (AvgIpc) is 2.84. The molecule has 2 rings (SSSR count). The van der Waals surface area contributed by atoms with Gasteiger partial charge in [0.05, 0.1) is 12.1 Å². The molecule has 0 aromatic rings. The van der Waals surface area contributed by atoms with E-state index in [0.717, 1.165) is 0 Å². The Kier molecular flexibility index (Phi) is 3.36. The molecule has 2 fully saturated rings. The lowest BCUT2D eigenvalue weighted by Gasteiger charge is -2.24. The number of aliphatic carboxylic acids is 1. The van der Waals surface area contributed by atoms with Gasteiger partial charge in [-0.1, -0.05) is 0 Å². The van der Waals surface area contributed by atoms with Gasteiger partial charge in [-0.15, -0.1) is 11.8 Å². The Labute approximate surface area is 97.0 Å². The quantitative estimate of drug-likeness (QED) is 0.561. The third kappa shape index (κ3) is 2.16. The highest BCUT2D eigenvalue weighted by Crippen LogP contribution is 2.21. The van der Waals surface area contributed by atoms with E-state index in [1.165, 1.54) is 4.90 Å². The molecule has 90 valence electrons. The molecule has 0 saturated carbocycles. The number of amides is 1. The van der Waals surface area contributed by atoms with Crippen molar-refractivity contribution in [3.8, 4) is 0 Å². The van der Waals surface area contributed by atoms with Gasteiger partial charge in [-0.25, -0.2) is 4.79 Å². The van der Waals surface area contributed by atoms with Crippen molar-refractivity contribution in [2.24, 2.45) is 0 Å². The third-order valence-corrected chi connectivity index (χ3v) is 3.80. The van der Waals surface area contributed by atoms with E-state index in [9.17, 15) is 14.7 Å². The summed E-state index contributed by atoms with van der Waals surface area (Å²) in [6.07, 6.45) is -0.597. The number of nitrogens with one attached hydrogen (secondary N) is 1. The zero-order valence-corrected chi connectivity index (χ0v) is 9.44. The lowest BCUT2D eigenvalue weighted by atomic mass is 10.2. The van der Waals surface area contributed by atoms with Crippen molar-refractivity contribution in [2.75, 3.05) is 18.2 Å². The van der Waals surface area contributed by atoms with Gasteiger partial charge in [0.15, 0.2) is 0 Å². The van der Waals surface area contributed by atoms with Crippen LogP contribution in [-0.2, 0) is 9.59 Å². The first-order valence-electron chi connectivity index (χ1n) is 5.12. The molecule has 2 aliphatic rings. The van der Waals surface area contributed by atoms with Gasteiger partial charge < -0.3 is 15.1 Å². The second-order valence-corrected chi connectivity index (χ2v) is 5.04. The fourth-order valence-corrected chi connectivity index (χ4v) is 2.98. The van der Waals surface area contributed by atoms with Crippen LogP contribution >= 0.6 is 11.8 Å². The summed E-state index contributed by atoms with van der Waals surface area (Å²) in [6, 6.07) is -1.19. The minimum atomic E-state index is -1.05. The van der Waals surface area contributed by atoms with Gasteiger partial charge in [0.1, 0.15) is 6.04 Å². The molecule has 0 aromatic heterocycles. The van der Waals surface area contributed by atoms with E-state index in [1.807, 2.05) is 0 Å². The minimum absolute atomic E-state index is 0.124. The number of carboxylic acids is 1. The zero-order valence-electron chi connectivity index (χ0n) is 8.63. The standard InChI is InChI=1S/C9H14N2O4S/c12-5-1-7(9(14)15)11(2-5)8(13)6-3-16-4-10-6/h5-7,10,12H,1-4H2,(H,14,15)/t5-,6?,7+/m1/s1. The Hall–Kier alpha value is -0.790. The van der Waals surface area contributed by atoms with Gasteiger partial charge in [0, 0.05) is 24.6 Å². The number of likely N-dealkylation sites (tertiary alicyclic amines) is 1. The molecule has 1 unspecified atom stereocenters. The maximum Gasteiger partial charge on any atom is 0.326 e. The van der Waals surface area contributed by atoms with E-state index in [-0.39, 0.29) is 24.9 Å². The van der Waals surface area contributed by atoms with Gasteiger partial charge >= 0.3 is 5.97 Å². The zero-order chi connectivity index (χ0) is 11.7. The molecule has 3 atom stereocenters. The summed E-state index contributed by atoms with van der Waals surface area (Å²) in [4.78, 5) is 24.2. The third-order valence-electron chi connectivity index (χ3n) is 2.86. The first kappa shape index (κ1) is 11.7. The minimum Gasteiger partial charge on any atom is -0.480 e. The highest BCUT2D eigenvalue weighted by atomic mass is 32.2. The van der Waals surface area contributed by atoms with Crippen molar-refractivity contribution in [3.63, 3.8) is 0 Å². The van der Waals surface area contributed by atoms with Crippen LogP contribution in [0.5, 0.6) is 0 Å². The summed E-state index contributed by atoms with van der Waals surface area (Å²) < 4.78 is 0. The highest BCUT2D eigenvalue weighted by molar-refractivity contribution is 7.99. The maximum atomic E-state index is 12.0. The number of aliphatic hydroxyl groups excluding tert-OH is 1. The fourth-order valence-electron chi connectivity index (χ4n) is 2.05. The topological polar surface area (TPSA) is 89.9 Å². The molecule has 2 heterocycles. The van der Waals surface area contributed by atoms with Crippen molar-refractivity contribution in [3.05, 3.63) is 0 Å². The van der Waals surface area contributed by atoms with E-state index in [1.54, 1.807) is 11.8 Å². The monoisotopic (exact) mass is 246 g/mol. The van der Waals surface area contributed by atoms with Crippen LogP contribution in [0.15, 0.2) is 0 Å². The number of hydrogen-bond donors (Lipinski definition) is 3. The summed E-state index contributed by atoms with van der Waals surface area (Å²) in [5.41, 5.74) is 0. The van der Waals surface area contributed by atoms with Crippen LogP contribution in [0.3, 0.4) is 0 Å². The predicted molar refractivity (Wildman–Crippen MR) is 58.0 cm³/mol. The number of β-amino-alcohol motifs (C(OH)–C–C–N with tert-alkyl or cyclic N) is 1. The first-order chi connectivity index (χ1) is 7.59. The van der Waals surface area contributed by atoms with Crippen molar-refractivity contribution in [1.82, 2.24) is 10.2 Å². The second-order valence-electron chi connectivity index (χ2n) is 4.01. The van der Waals surface area contributed by atoms with E-state index < -0.39 is 18.1 Å². The van der Waals surface area contributed by atoms with Crippen molar-refractivity contribution < 1.29 is 19.8 Å². The lowest BCUT2D eigenvalue weighted by Crippen LogP contribution is -2.49. The first-order valence-corrected chi connectivity index (χ1v) is 6.27. The number of carbonyl (C=O) groups is 2. The number of carbonyl (C=O) groups excluding carboxylic acids is 1. The van der Waals surface area contributed by atoms with E-state index in [4.69, 9.17) is 5.11 Å². The Morgan fingerprint density at radius 3 is 2.75 bits per heavy atom. The SMILES string of the molecule is O=C(O)[C@@H]1C[C@@H](O)CN1C(=O)C1CSCN1. The molecule has 16 heavy (non-hydrogen) atoms. The number of thioether (sulfide) groups is 1. The molecule has 2 aliphatic heterocycles. The Bertz CT molecular complexity index is 306. The average molecular weight is 246 g/mol. The molecule has 0 radical (unpaired) electrons. The molecule has 0 aliphatic carbocycles. The van der Waals surface area contributed by atoms with Gasteiger partial charge in [-0.05, 0) is 0 Å². The smallest absolute Gasteiger partial charge is 0.326 e. The molecule has 7 heteroatoms.